The van der Waals surface area contributed by atoms with Gasteiger partial charge in [-0.25, -0.2) is 8.42 Å². The van der Waals surface area contributed by atoms with Crippen molar-refractivity contribution in [2.45, 2.75) is 17.9 Å². The van der Waals surface area contributed by atoms with Crippen LogP contribution in [0.4, 0.5) is 5.69 Å². The summed E-state index contributed by atoms with van der Waals surface area (Å²) in [4.78, 5) is 13.6. The second-order valence-corrected chi connectivity index (χ2v) is 9.49. The van der Waals surface area contributed by atoms with Crippen molar-refractivity contribution in [2.75, 3.05) is 30.0 Å². The number of rotatable bonds is 9. The van der Waals surface area contributed by atoms with Crippen LogP contribution in [0.25, 0.3) is 0 Å². The maximum Gasteiger partial charge on any atom is 0.243 e. The van der Waals surface area contributed by atoms with Gasteiger partial charge in [-0.05, 0) is 43.3 Å². The fourth-order valence-corrected chi connectivity index (χ4v) is 4.64. The van der Waals surface area contributed by atoms with Gasteiger partial charge in [0.15, 0.2) is 0 Å². The normalized spacial score (nSPS) is 12.3. The van der Waals surface area contributed by atoms with E-state index in [1.54, 1.807) is 43.0 Å². The number of nitrogens with one attached hydrogen (secondary N) is 1. The van der Waals surface area contributed by atoms with Gasteiger partial charge in [0.05, 0.1) is 19.1 Å². The Morgan fingerprint density at radius 2 is 1.93 bits per heavy atom. The number of benzene rings is 2. The first-order valence-corrected chi connectivity index (χ1v) is 11.7. The molecule has 0 saturated carbocycles. The van der Waals surface area contributed by atoms with E-state index in [0.717, 1.165) is 15.5 Å². The second kappa shape index (κ2) is 10.0. The lowest BCUT2D eigenvalue weighted by Crippen LogP contribution is -2.48. The lowest BCUT2D eigenvalue weighted by Gasteiger charge is -2.28. The number of anilines is 1. The van der Waals surface area contributed by atoms with Crippen LogP contribution in [-0.4, -0.2) is 46.0 Å². The molecule has 28 heavy (non-hydrogen) atoms. The molecule has 1 N–H and O–H groups in total. The predicted molar refractivity (Wildman–Crippen MR) is 115 cm³/mol. The van der Waals surface area contributed by atoms with E-state index in [1.165, 1.54) is 7.11 Å². The minimum absolute atomic E-state index is 0.370. The summed E-state index contributed by atoms with van der Waals surface area (Å²) >= 11 is 7.43. The highest BCUT2D eigenvalue weighted by molar-refractivity contribution is 7.99. The molecule has 0 aliphatic rings. The Labute approximate surface area is 175 Å². The van der Waals surface area contributed by atoms with E-state index in [9.17, 15) is 13.2 Å². The van der Waals surface area contributed by atoms with Crippen molar-refractivity contribution in [3.05, 3.63) is 53.6 Å². The van der Waals surface area contributed by atoms with E-state index in [4.69, 9.17) is 16.3 Å². The fourth-order valence-electron chi connectivity index (χ4n) is 2.58. The van der Waals surface area contributed by atoms with Crippen LogP contribution in [0.5, 0.6) is 5.75 Å². The van der Waals surface area contributed by atoms with Crippen molar-refractivity contribution in [3.8, 4) is 5.75 Å². The number of hydrogen-bond acceptors (Lipinski definition) is 5. The molecule has 1 amide bonds. The minimum Gasteiger partial charge on any atom is -0.497 e. The van der Waals surface area contributed by atoms with Crippen molar-refractivity contribution in [2.24, 2.45) is 0 Å². The van der Waals surface area contributed by atoms with Crippen LogP contribution in [-0.2, 0) is 14.8 Å². The lowest BCUT2D eigenvalue weighted by atomic mass is 10.2. The first kappa shape index (κ1) is 22.4. The number of halogens is 1. The minimum atomic E-state index is -3.67. The summed E-state index contributed by atoms with van der Waals surface area (Å²) in [6.07, 6.45) is 1.08. The third kappa shape index (κ3) is 6.32. The Morgan fingerprint density at radius 3 is 2.54 bits per heavy atom. The number of hydrogen-bond donors (Lipinski definition) is 1. The van der Waals surface area contributed by atoms with Gasteiger partial charge < -0.3 is 10.1 Å². The van der Waals surface area contributed by atoms with Gasteiger partial charge in [0.25, 0.3) is 0 Å². The van der Waals surface area contributed by atoms with Crippen LogP contribution in [0.3, 0.4) is 0 Å². The number of methoxy groups -OCH3 is 1. The molecule has 1 atom stereocenters. The molecule has 0 heterocycles. The number of ether oxygens (including phenoxy) is 1. The Morgan fingerprint density at radius 1 is 1.25 bits per heavy atom. The van der Waals surface area contributed by atoms with Gasteiger partial charge in [-0.1, -0.05) is 17.7 Å². The molecule has 0 radical (unpaired) electrons. The monoisotopic (exact) mass is 442 g/mol. The highest BCUT2D eigenvalue weighted by Crippen LogP contribution is 2.25. The van der Waals surface area contributed by atoms with Crippen LogP contribution in [0.2, 0.25) is 5.02 Å². The van der Waals surface area contributed by atoms with E-state index in [0.29, 0.717) is 28.8 Å². The first-order valence-electron chi connectivity index (χ1n) is 8.52. The Bertz CT molecular complexity index is 904. The molecule has 0 aliphatic heterocycles. The van der Waals surface area contributed by atoms with Crippen molar-refractivity contribution in [1.29, 1.82) is 0 Å². The predicted octanol–water partition coefficient (Wildman–Crippen LogP) is 3.41. The molecule has 0 spiro atoms. The van der Waals surface area contributed by atoms with Crippen molar-refractivity contribution in [3.63, 3.8) is 0 Å². The molecule has 152 valence electrons. The van der Waals surface area contributed by atoms with E-state index in [-0.39, 0.29) is 5.91 Å². The zero-order chi connectivity index (χ0) is 20.7. The van der Waals surface area contributed by atoms with Gasteiger partial charge in [0.2, 0.25) is 15.9 Å². The summed E-state index contributed by atoms with van der Waals surface area (Å²) < 4.78 is 30.9. The molecule has 0 unspecified atom stereocenters. The third-order valence-corrected chi connectivity index (χ3v) is 6.39. The topological polar surface area (TPSA) is 75.7 Å². The highest BCUT2D eigenvalue weighted by atomic mass is 35.5. The van der Waals surface area contributed by atoms with E-state index < -0.39 is 16.1 Å². The fraction of sp³-hybridized carbons (Fsp3) is 0.316. The number of thioether (sulfide) groups is 1. The number of amides is 1. The van der Waals surface area contributed by atoms with Crippen molar-refractivity contribution < 1.29 is 17.9 Å². The Hall–Kier alpha value is -1.90. The molecule has 0 aliphatic carbocycles. The Balaban J connectivity index is 2.00. The molecule has 0 aromatic heterocycles. The SMILES string of the molecule is COc1cccc(N([C@H](C)C(=O)NCCSc2ccc(Cl)cc2)S(C)(=O)=O)c1. The number of carbonyl (C=O) groups is 1. The molecule has 6 nitrogen and oxygen atoms in total. The van der Waals surface area contributed by atoms with E-state index in [1.807, 2.05) is 24.3 Å². The summed E-state index contributed by atoms with van der Waals surface area (Å²) in [5.41, 5.74) is 0.375. The smallest absolute Gasteiger partial charge is 0.243 e. The quantitative estimate of drug-likeness (QED) is 0.475. The molecule has 0 saturated heterocycles. The van der Waals surface area contributed by atoms with Gasteiger partial charge in [0, 0.05) is 28.3 Å². The van der Waals surface area contributed by atoms with Crippen LogP contribution >= 0.6 is 23.4 Å². The molecule has 2 rings (SSSR count). The number of nitrogens with zero attached hydrogens (tertiary/aromatic N) is 1. The molecule has 2 aromatic rings. The average molecular weight is 443 g/mol. The second-order valence-electron chi connectivity index (χ2n) is 6.03. The van der Waals surface area contributed by atoms with Gasteiger partial charge in [0.1, 0.15) is 11.8 Å². The summed E-state index contributed by atoms with van der Waals surface area (Å²) in [5, 5.41) is 3.46. The van der Waals surface area contributed by atoms with Crippen molar-refractivity contribution >= 4 is 45.0 Å². The van der Waals surface area contributed by atoms with Crippen molar-refractivity contribution in [1.82, 2.24) is 5.32 Å². The number of sulfonamides is 1. The van der Waals surface area contributed by atoms with Gasteiger partial charge >= 0.3 is 0 Å². The number of carbonyl (C=O) groups excluding carboxylic acids is 1. The maximum absolute atomic E-state index is 12.5. The molecule has 2 aromatic carbocycles. The van der Waals surface area contributed by atoms with Gasteiger partial charge in [-0.15, -0.1) is 11.8 Å². The van der Waals surface area contributed by atoms with Gasteiger partial charge in [-0.3, -0.25) is 9.10 Å². The summed E-state index contributed by atoms with van der Waals surface area (Å²) in [7, 11) is -2.17. The van der Waals surface area contributed by atoms with E-state index >= 15 is 0 Å². The first-order chi connectivity index (χ1) is 13.2. The molecule has 0 bridgehead atoms. The zero-order valence-electron chi connectivity index (χ0n) is 15.9. The Kier molecular flexibility index (Phi) is 8.03. The largest absolute Gasteiger partial charge is 0.497 e. The van der Waals surface area contributed by atoms with E-state index in [2.05, 4.69) is 5.32 Å². The summed E-state index contributed by atoms with van der Waals surface area (Å²) in [5.74, 6) is 0.793. The standard InChI is InChI=1S/C19H23ClN2O4S2/c1-14(19(23)21-11-12-27-18-9-7-15(20)8-10-18)22(28(3,24)25)16-5-4-6-17(13-16)26-2/h4-10,13-14H,11-12H2,1-3H3,(H,21,23)/t14-/m1/s1. The maximum atomic E-state index is 12.5. The molecular formula is C19H23ClN2O4S2. The van der Waals surface area contributed by atoms with Crippen LogP contribution in [0.15, 0.2) is 53.4 Å². The lowest BCUT2D eigenvalue weighted by molar-refractivity contribution is -0.121. The molecule has 9 heteroatoms. The summed E-state index contributed by atoms with van der Waals surface area (Å²) in [6.45, 7) is 1.97. The molecular weight excluding hydrogens is 420 g/mol. The van der Waals surface area contributed by atoms with Crippen LogP contribution in [0, 0.1) is 0 Å². The summed E-state index contributed by atoms with van der Waals surface area (Å²) in [6, 6.07) is 13.1. The third-order valence-electron chi connectivity index (χ3n) is 3.88. The molecule has 0 fully saturated rings. The highest BCUT2D eigenvalue weighted by Gasteiger charge is 2.29. The van der Waals surface area contributed by atoms with Crippen LogP contribution < -0.4 is 14.4 Å². The van der Waals surface area contributed by atoms with Crippen LogP contribution in [0.1, 0.15) is 6.92 Å². The average Bonchev–Trinajstić information content (AvgIpc) is 2.65. The van der Waals surface area contributed by atoms with Gasteiger partial charge in [-0.2, -0.15) is 0 Å². The zero-order valence-corrected chi connectivity index (χ0v) is 18.3.